The fourth-order valence-corrected chi connectivity index (χ4v) is 9.88. The van der Waals surface area contributed by atoms with Gasteiger partial charge in [0.2, 0.25) is 47.3 Å². The number of carbonyl (C=O) groups excluding carboxylic acids is 8. The number of thiophene rings is 1. The molecule has 15 N–H and O–H groups in total. The molecule has 0 fully saturated rings. The molecule has 1 aromatic heterocycles. The molecule has 1 heterocycles. The molecule has 23 heteroatoms. The Balaban J connectivity index is 1.39. The molecule has 0 aliphatic carbocycles. The Bertz CT molecular complexity index is 2850. The SMILES string of the molecule is CC(C)[C@H](NC(=O)[C@H](CCCCN)NC(=O)[C@H](Cc1csc2ccccc12)NC(=O)[C@H](Cc1ccc(O)cc1)NC(=O)[C@H](CS)NC(=O)[C@@H](N)Cc1ccc2ccccc2c1)C(=O)N[C@@H](CS)C(=O)N[C@H](C(N)=O)[C@@H](C)O. The lowest BCUT2D eigenvalue weighted by Crippen LogP contribution is -2.62. The Hall–Kier alpha value is -6.76. The molecule has 0 bridgehead atoms. The Morgan fingerprint density at radius 1 is 0.571 bits per heavy atom. The fourth-order valence-electron chi connectivity index (χ4n) is 8.39. The first kappa shape index (κ1) is 61.1. The highest BCUT2D eigenvalue weighted by molar-refractivity contribution is 7.80. The maximum atomic E-state index is 14.8. The predicted molar refractivity (Wildman–Crippen MR) is 303 cm³/mol. The van der Waals surface area contributed by atoms with E-state index in [1.165, 1.54) is 30.4 Å². The van der Waals surface area contributed by atoms with Crippen molar-refractivity contribution in [1.82, 2.24) is 37.2 Å². The first-order valence-corrected chi connectivity index (χ1v) is 27.4. The molecular weight excluding hydrogens is 1040 g/mol. The highest BCUT2D eigenvalue weighted by Gasteiger charge is 2.36. The number of aliphatic hydroxyl groups excluding tert-OH is 1. The van der Waals surface area contributed by atoms with Crippen LogP contribution in [-0.4, -0.2) is 130 Å². The summed E-state index contributed by atoms with van der Waals surface area (Å²) in [6, 6.07) is 16.5. The van der Waals surface area contributed by atoms with Gasteiger partial charge in [-0.15, -0.1) is 11.3 Å². The van der Waals surface area contributed by atoms with Crippen LogP contribution in [0.4, 0.5) is 0 Å². The minimum absolute atomic E-state index is 0.0419. The van der Waals surface area contributed by atoms with E-state index in [0.717, 1.165) is 26.4 Å². The number of benzene rings is 4. The van der Waals surface area contributed by atoms with Gasteiger partial charge in [-0.25, -0.2) is 0 Å². The molecule has 0 aliphatic rings. The van der Waals surface area contributed by atoms with Gasteiger partial charge in [0.05, 0.1) is 12.1 Å². The molecule has 0 unspecified atom stereocenters. The number of hydrogen-bond acceptors (Lipinski definition) is 15. The van der Waals surface area contributed by atoms with Crippen molar-refractivity contribution >= 4 is 105 Å². The van der Waals surface area contributed by atoms with Gasteiger partial charge in [-0.3, -0.25) is 38.4 Å². The van der Waals surface area contributed by atoms with Crippen molar-refractivity contribution in [3.63, 3.8) is 0 Å². The van der Waals surface area contributed by atoms with Crippen molar-refractivity contribution in [2.75, 3.05) is 18.1 Å². The molecule has 9 atom stereocenters. The number of fused-ring (bicyclic) bond motifs is 2. The Morgan fingerprint density at radius 2 is 1.09 bits per heavy atom. The number of carbonyl (C=O) groups is 8. The highest BCUT2D eigenvalue weighted by atomic mass is 32.1. The van der Waals surface area contributed by atoms with Crippen LogP contribution < -0.4 is 54.4 Å². The van der Waals surface area contributed by atoms with Crippen molar-refractivity contribution in [1.29, 1.82) is 0 Å². The van der Waals surface area contributed by atoms with Crippen LogP contribution in [0, 0.1) is 5.92 Å². The van der Waals surface area contributed by atoms with Gasteiger partial charge in [0.25, 0.3) is 0 Å². The van der Waals surface area contributed by atoms with Crippen molar-refractivity contribution in [3.05, 3.63) is 113 Å². The van der Waals surface area contributed by atoms with E-state index in [2.05, 4.69) is 62.5 Å². The van der Waals surface area contributed by atoms with Gasteiger partial charge in [0.1, 0.15) is 48.0 Å². The molecule has 4 aromatic carbocycles. The zero-order valence-corrected chi connectivity index (χ0v) is 45.7. The molecular formula is C54H70N10O10S3. The Morgan fingerprint density at radius 3 is 1.70 bits per heavy atom. The summed E-state index contributed by atoms with van der Waals surface area (Å²) < 4.78 is 0.910. The van der Waals surface area contributed by atoms with Gasteiger partial charge in [-0.2, -0.15) is 25.3 Å². The number of nitrogens with one attached hydrogen (secondary N) is 7. The van der Waals surface area contributed by atoms with E-state index in [1.807, 2.05) is 72.1 Å². The lowest BCUT2D eigenvalue weighted by atomic mass is 10.00. The smallest absolute Gasteiger partial charge is 0.244 e. The summed E-state index contributed by atoms with van der Waals surface area (Å²) >= 11 is 9.97. The van der Waals surface area contributed by atoms with Crippen LogP contribution >= 0.6 is 36.6 Å². The first-order valence-electron chi connectivity index (χ1n) is 25.2. The number of amides is 8. The van der Waals surface area contributed by atoms with E-state index in [4.69, 9.17) is 17.2 Å². The zero-order valence-electron chi connectivity index (χ0n) is 43.1. The van der Waals surface area contributed by atoms with Crippen molar-refractivity contribution in [3.8, 4) is 5.75 Å². The molecule has 0 saturated heterocycles. The van der Waals surface area contributed by atoms with Crippen LogP contribution in [0.5, 0.6) is 5.75 Å². The molecule has 0 radical (unpaired) electrons. The van der Waals surface area contributed by atoms with Crippen LogP contribution in [0.2, 0.25) is 0 Å². The number of phenolic OH excluding ortho intramolecular Hbond substituents is 1. The molecule has 0 spiro atoms. The molecule has 5 rings (SSSR count). The summed E-state index contributed by atoms with van der Waals surface area (Å²) in [5.74, 6) is -7.43. The molecule has 0 saturated carbocycles. The minimum atomic E-state index is -1.46. The van der Waals surface area contributed by atoms with E-state index in [0.29, 0.717) is 24.0 Å². The zero-order chi connectivity index (χ0) is 56.3. The average molecular weight is 1120 g/mol. The normalized spacial score (nSPS) is 14.9. The van der Waals surface area contributed by atoms with E-state index >= 15 is 0 Å². The number of aliphatic hydroxyl groups is 1. The van der Waals surface area contributed by atoms with Gasteiger partial charge >= 0.3 is 0 Å². The lowest BCUT2D eigenvalue weighted by Gasteiger charge is -2.29. The second-order valence-electron chi connectivity index (χ2n) is 19.1. The highest BCUT2D eigenvalue weighted by Crippen LogP contribution is 2.27. The molecule has 0 aliphatic heterocycles. The van der Waals surface area contributed by atoms with E-state index in [1.54, 1.807) is 26.0 Å². The third-order valence-corrected chi connectivity index (χ3v) is 14.5. The van der Waals surface area contributed by atoms with Crippen molar-refractivity contribution in [2.24, 2.45) is 23.1 Å². The second kappa shape index (κ2) is 29.7. The lowest BCUT2D eigenvalue weighted by molar-refractivity contribution is -0.136. The standard InChI is InChI=1S/C54H70N10O10S3/c1-29(2)45(54(74)62-43(27-76)53(73)64-46(30(3)65)47(57)67)63-49(69)39(13-8-9-21-55)58-51(71)41(25-35-28-77-44-14-7-6-12-37(35)44)60-50(70)40(24-31-16-19-36(66)20-17-31)59-52(72)42(26-75)61-48(68)38(56)23-32-15-18-33-10-4-5-11-34(33)22-32/h4-7,10-12,14-20,22,28-30,38-43,45-46,65-66,75-76H,8-9,13,21,23-27,55-56H2,1-3H3,(H2,57,67)(H,58,71)(H,59,72)(H,60,70)(H,61,68)(H,62,74)(H,63,69)(H,64,73)/t30-,38+,39+,40+,41+,42+,43+,45+,46+/m1/s1. The van der Waals surface area contributed by atoms with Gasteiger partial charge in [-0.1, -0.05) is 86.6 Å². The summed E-state index contributed by atoms with van der Waals surface area (Å²) in [4.78, 5) is 110. The number of unbranched alkanes of at least 4 members (excludes halogenated alkanes) is 1. The number of rotatable bonds is 29. The number of thiol groups is 2. The van der Waals surface area contributed by atoms with Crippen molar-refractivity contribution < 1.29 is 48.6 Å². The molecule has 5 aromatic rings. The van der Waals surface area contributed by atoms with Gasteiger partial charge in [0, 0.05) is 29.0 Å². The van der Waals surface area contributed by atoms with Gasteiger partial charge in [0.15, 0.2) is 0 Å². The van der Waals surface area contributed by atoms with Crippen molar-refractivity contribution in [2.45, 2.75) is 114 Å². The summed E-state index contributed by atoms with van der Waals surface area (Å²) in [5, 5.41) is 43.2. The molecule has 8 amide bonds. The number of aromatic hydroxyl groups is 1. The second-order valence-corrected chi connectivity index (χ2v) is 20.8. The van der Waals surface area contributed by atoms with E-state index in [-0.39, 0.29) is 49.5 Å². The number of phenols is 1. The van der Waals surface area contributed by atoms with Crippen LogP contribution in [-0.2, 0) is 57.6 Å². The quantitative estimate of drug-likeness (QED) is 0.0236. The number of primary amides is 1. The van der Waals surface area contributed by atoms with Crippen LogP contribution in [0.1, 0.15) is 56.7 Å². The largest absolute Gasteiger partial charge is 0.508 e. The van der Waals surface area contributed by atoms with Crippen LogP contribution in [0.15, 0.2) is 96.4 Å². The minimum Gasteiger partial charge on any atom is -0.508 e. The topological polar surface area (TPSA) is 339 Å². The maximum Gasteiger partial charge on any atom is 0.244 e. The molecule has 77 heavy (non-hydrogen) atoms. The third kappa shape index (κ3) is 17.9. The summed E-state index contributed by atoms with van der Waals surface area (Å²) in [6.45, 7) is 4.83. The maximum absolute atomic E-state index is 14.8. The van der Waals surface area contributed by atoms with Gasteiger partial charge in [-0.05, 0) is 101 Å². The molecule has 20 nitrogen and oxygen atoms in total. The summed E-state index contributed by atoms with van der Waals surface area (Å²) in [5.41, 5.74) is 19.5. The Kier molecular flexibility index (Phi) is 23.5. The van der Waals surface area contributed by atoms with E-state index < -0.39 is 108 Å². The van der Waals surface area contributed by atoms with Crippen LogP contribution in [0.3, 0.4) is 0 Å². The number of hydrogen-bond donors (Lipinski definition) is 14. The third-order valence-electron chi connectivity index (χ3n) is 12.8. The van der Waals surface area contributed by atoms with E-state index in [9.17, 15) is 48.6 Å². The molecule has 414 valence electrons. The average Bonchev–Trinajstić information content (AvgIpc) is 3.82. The fraction of sp³-hybridized carbons (Fsp3) is 0.407. The van der Waals surface area contributed by atoms with Crippen LogP contribution in [0.25, 0.3) is 20.9 Å². The van der Waals surface area contributed by atoms with Gasteiger partial charge < -0.3 is 64.6 Å². The monoisotopic (exact) mass is 1110 g/mol. The Labute approximate surface area is 462 Å². The summed E-state index contributed by atoms with van der Waals surface area (Å²) in [7, 11) is 0. The first-order chi connectivity index (χ1) is 36.7. The predicted octanol–water partition coefficient (Wildman–Crippen LogP) is 1.02. The number of nitrogens with two attached hydrogens (primary N) is 3. The summed E-state index contributed by atoms with van der Waals surface area (Å²) in [6.07, 6.45) is -0.493.